The van der Waals surface area contributed by atoms with E-state index in [1.807, 2.05) is 0 Å². The van der Waals surface area contributed by atoms with Crippen LogP contribution < -0.4 is 0 Å². The van der Waals surface area contributed by atoms with Crippen LogP contribution in [-0.2, 0) is 65.4 Å². The topological polar surface area (TPSA) is 237 Å². The average Bonchev–Trinajstić information content (AvgIpc) is 0.944. The summed E-state index contributed by atoms with van der Waals surface area (Å²) in [6, 6.07) is 0. The Labute approximate surface area is 626 Å². The third-order valence-corrected chi connectivity index (χ3v) is 21.6. The highest BCUT2D eigenvalue weighted by Gasteiger charge is 2.30. The van der Waals surface area contributed by atoms with Gasteiger partial charge in [0.1, 0.15) is 19.3 Å². The molecule has 0 heterocycles. The number of aliphatic hydroxyl groups excluding tert-OH is 1. The first-order valence-corrected chi connectivity index (χ1v) is 45.9. The van der Waals surface area contributed by atoms with E-state index in [1.54, 1.807) is 0 Å². The fourth-order valence-corrected chi connectivity index (χ4v) is 14.4. The van der Waals surface area contributed by atoms with Gasteiger partial charge in [0.25, 0.3) is 0 Å². The number of esters is 4. The largest absolute Gasteiger partial charge is 0.472 e. The van der Waals surface area contributed by atoms with Gasteiger partial charge < -0.3 is 33.8 Å². The van der Waals surface area contributed by atoms with Crippen LogP contribution in [0.3, 0.4) is 0 Å². The highest BCUT2D eigenvalue weighted by Crippen LogP contribution is 2.45. The van der Waals surface area contributed by atoms with E-state index in [0.29, 0.717) is 25.7 Å². The minimum Gasteiger partial charge on any atom is -0.462 e. The summed E-state index contributed by atoms with van der Waals surface area (Å²) < 4.78 is 68.8. The second-order valence-electron chi connectivity index (χ2n) is 31.1. The Morgan fingerprint density at radius 3 is 0.745 bits per heavy atom. The van der Waals surface area contributed by atoms with Crippen molar-refractivity contribution in [1.82, 2.24) is 0 Å². The van der Waals surface area contributed by atoms with E-state index in [1.165, 1.54) is 238 Å². The zero-order valence-electron chi connectivity index (χ0n) is 67.1. The van der Waals surface area contributed by atoms with Gasteiger partial charge in [0.2, 0.25) is 0 Å². The summed E-state index contributed by atoms with van der Waals surface area (Å²) in [6.07, 6.45) is 62.6. The fourth-order valence-electron chi connectivity index (χ4n) is 12.8. The molecule has 3 unspecified atom stereocenters. The molecule has 0 saturated heterocycles. The summed E-state index contributed by atoms with van der Waals surface area (Å²) in [6.45, 7) is 11.9. The number of ether oxygens (including phenoxy) is 4. The summed E-state index contributed by atoms with van der Waals surface area (Å²) in [5.41, 5.74) is 0. The third kappa shape index (κ3) is 74.9. The second kappa shape index (κ2) is 73.2. The second-order valence-corrected chi connectivity index (χ2v) is 34.0. The van der Waals surface area contributed by atoms with Crippen LogP contribution in [0.5, 0.6) is 0 Å². The van der Waals surface area contributed by atoms with Gasteiger partial charge in [-0.15, -0.1) is 0 Å². The lowest BCUT2D eigenvalue weighted by Crippen LogP contribution is -2.30. The first-order chi connectivity index (χ1) is 49.3. The quantitative estimate of drug-likeness (QED) is 0.0222. The zero-order chi connectivity index (χ0) is 75.1. The number of aliphatic hydroxyl groups is 1. The molecule has 0 radical (unpaired) electrons. The van der Waals surface area contributed by atoms with Crippen molar-refractivity contribution in [3.63, 3.8) is 0 Å². The Balaban J connectivity index is 5.22. The lowest BCUT2D eigenvalue weighted by Gasteiger charge is -2.21. The molecular formula is C83H162O17P2. The Kier molecular flexibility index (Phi) is 71.8. The number of unbranched alkanes of at least 4 members (excludes halogenated alkanes) is 48. The van der Waals surface area contributed by atoms with Crippen LogP contribution in [0.25, 0.3) is 0 Å². The molecule has 17 nitrogen and oxygen atoms in total. The van der Waals surface area contributed by atoms with E-state index in [0.717, 1.165) is 114 Å². The van der Waals surface area contributed by atoms with Crippen LogP contribution >= 0.6 is 15.6 Å². The van der Waals surface area contributed by atoms with Crippen molar-refractivity contribution < 1.29 is 80.2 Å². The van der Waals surface area contributed by atoms with Gasteiger partial charge in [-0.2, -0.15) is 0 Å². The van der Waals surface area contributed by atoms with Crippen LogP contribution in [-0.4, -0.2) is 96.7 Å². The molecule has 0 aliphatic heterocycles. The van der Waals surface area contributed by atoms with Crippen molar-refractivity contribution in [2.75, 3.05) is 39.6 Å². The van der Waals surface area contributed by atoms with Crippen LogP contribution in [0.4, 0.5) is 0 Å². The smallest absolute Gasteiger partial charge is 0.462 e. The molecule has 0 aliphatic rings. The molecule has 3 N–H and O–H groups in total. The molecule has 0 aromatic heterocycles. The predicted octanol–water partition coefficient (Wildman–Crippen LogP) is 24.9. The maximum Gasteiger partial charge on any atom is 0.472 e. The molecule has 0 spiro atoms. The van der Waals surface area contributed by atoms with Gasteiger partial charge in [0, 0.05) is 25.7 Å². The van der Waals surface area contributed by atoms with Gasteiger partial charge in [-0.25, -0.2) is 9.13 Å². The van der Waals surface area contributed by atoms with Crippen molar-refractivity contribution >= 4 is 39.5 Å². The highest BCUT2D eigenvalue weighted by molar-refractivity contribution is 7.47. The number of carbonyl (C=O) groups is 4. The number of rotatable bonds is 81. The van der Waals surface area contributed by atoms with E-state index in [2.05, 4.69) is 48.5 Å². The van der Waals surface area contributed by atoms with Crippen molar-refractivity contribution in [2.45, 2.75) is 452 Å². The van der Waals surface area contributed by atoms with Gasteiger partial charge in [0.15, 0.2) is 12.2 Å². The molecule has 6 atom stereocenters. The monoisotopic (exact) mass is 1490 g/mol. The lowest BCUT2D eigenvalue weighted by molar-refractivity contribution is -0.161. The van der Waals surface area contributed by atoms with Crippen molar-refractivity contribution in [2.24, 2.45) is 17.8 Å². The molecule has 606 valence electrons. The Hall–Kier alpha value is -1.94. The number of carbonyl (C=O) groups excluding carboxylic acids is 4. The number of hydrogen-bond acceptors (Lipinski definition) is 15. The molecule has 0 amide bonds. The number of phosphoric acid groups is 2. The molecule has 0 bridgehead atoms. The van der Waals surface area contributed by atoms with Gasteiger partial charge in [-0.05, 0) is 43.4 Å². The zero-order valence-corrected chi connectivity index (χ0v) is 68.9. The van der Waals surface area contributed by atoms with Gasteiger partial charge >= 0.3 is 39.5 Å². The SMILES string of the molecule is CCCCCCCCCCCCCCCCCCCCCCCCC(=O)O[C@H](COC(=O)CCCCCCCCCCCCCCC(C)C)COP(=O)(O)OC[C@@H](O)COP(=O)(O)OC[C@@H](COC(=O)CCCCCCCCC(C)CC)OC(=O)CCCCCCCCCCCCCCC(C)C. The molecule has 0 fully saturated rings. The number of hydrogen-bond donors (Lipinski definition) is 3. The summed E-state index contributed by atoms with van der Waals surface area (Å²) in [5, 5.41) is 10.7. The van der Waals surface area contributed by atoms with Crippen LogP contribution in [0.15, 0.2) is 0 Å². The average molecular weight is 1490 g/mol. The maximum atomic E-state index is 13.1. The third-order valence-electron chi connectivity index (χ3n) is 19.7. The van der Waals surface area contributed by atoms with E-state index in [4.69, 9.17) is 37.0 Å². The molecule has 0 aromatic rings. The van der Waals surface area contributed by atoms with Gasteiger partial charge in [0.05, 0.1) is 26.4 Å². The molecule has 0 aromatic carbocycles. The minimum atomic E-state index is -4.96. The first-order valence-electron chi connectivity index (χ1n) is 42.9. The highest BCUT2D eigenvalue weighted by atomic mass is 31.2. The summed E-state index contributed by atoms with van der Waals surface area (Å²) in [5.74, 6) is 0.178. The van der Waals surface area contributed by atoms with E-state index in [-0.39, 0.29) is 25.7 Å². The molecule has 0 rings (SSSR count). The van der Waals surface area contributed by atoms with E-state index >= 15 is 0 Å². The minimum absolute atomic E-state index is 0.106. The van der Waals surface area contributed by atoms with Crippen LogP contribution in [0, 0.1) is 17.8 Å². The fraction of sp³-hybridized carbons (Fsp3) is 0.952. The normalized spacial score (nSPS) is 14.2. The molecule has 0 aliphatic carbocycles. The molecule has 19 heteroatoms. The molecule has 102 heavy (non-hydrogen) atoms. The molecule has 0 saturated carbocycles. The van der Waals surface area contributed by atoms with E-state index in [9.17, 15) is 43.2 Å². The van der Waals surface area contributed by atoms with Crippen molar-refractivity contribution in [3.8, 4) is 0 Å². The van der Waals surface area contributed by atoms with Crippen molar-refractivity contribution in [1.29, 1.82) is 0 Å². The summed E-state index contributed by atoms with van der Waals surface area (Å²) in [7, 11) is -9.92. The van der Waals surface area contributed by atoms with Gasteiger partial charge in [-0.1, -0.05) is 382 Å². The Morgan fingerprint density at radius 2 is 0.500 bits per heavy atom. The lowest BCUT2D eigenvalue weighted by atomic mass is 10.00. The summed E-state index contributed by atoms with van der Waals surface area (Å²) >= 11 is 0. The van der Waals surface area contributed by atoms with Crippen LogP contribution in [0.2, 0.25) is 0 Å². The maximum absolute atomic E-state index is 13.1. The Bertz CT molecular complexity index is 1980. The molecular weight excluding hydrogens is 1330 g/mol. The Morgan fingerprint density at radius 1 is 0.284 bits per heavy atom. The standard InChI is InChI=1S/C83H162O17P2/c1-8-10-11-12-13-14-15-16-17-18-19-20-21-22-23-24-25-33-38-43-52-59-66-82(87)99-78(70-93-80(85)64-57-50-42-37-32-28-26-30-35-40-47-54-61-74(3)4)72-97-101(89,90)95-68-77(84)69-96-102(91,92)98-73-79(71-94-81(86)65-58-51-46-45-49-56-63-76(7)9-2)100-83(88)67-60-53-44-39-34-29-27-31-36-41-48-55-62-75(5)6/h74-79,84H,8-73H2,1-7H3,(H,89,90)(H,91,92)/t76?,77-,78-,79-/m1/s1. The summed E-state index contributed by atoms with van der Waals surface area (Å²) in [4.78, 5) is 73.1. The van der Waals surface area contributed by atoms with Crippen molar-refractivity contribution in [3.05, 3.63) is 0 Å². The first kappa shape index (κ1) is 100. The predicted molar refractivity (Wildman–Crippen MR) is 418 cm³/mol. The number of phosphoric ester groups is 2. The van der Waals surface area contributed by atoms with E-state index < -0.39 is 97.5 Å². The van der Waals surface area contributed by atoms with Crippen LogP contribution in [0.1, 0.15) is 434 Å². The van der Waals surface area contributed by atoms with Gasteiger partial charge in [-0.3, -0.25) is 37.3 Å².